The summed E-state index contributed by atoms with van der Waals surface area (Å²) < 4.78 is 11.4. The normalized spacial score (nSPS) is 12.0. The molecule has 0 heterocycles. The van der Waals surface area contributed by atoms with Gasteiger partial charge in [-0.2, -0.15) is 0 Å². The van der Waals surface area contributed by atoms with Gasteiger partial charge in [0.05, 0.1) is 19.0 Å². The van der Waals surface area contributed by atoms with Gasteiger partial charge in [0.2, 0.25) is 0 Å². The van der Waals surface area contributed by atoms with Crippen LogP contribution in [-0.2, 0) is 0 Å². The highest BCUT2D eigenvalue weighted by atomic mass is 79.9. The maximum absolute atomic E-state index is 5.20. The fraction of sp³-hybridized carbons (Fsp3) is 0.200. The van der Waals surface area contributed by atoms with Crippen molar-refractivity contribution in [1.82, 2.24) is 0 Å². The van der Waals surface area contributed by atoms with Crippen LogP contribution in [0.25, 0.3) is 0 Å². The monoisotopic (exact) mass is 384 g/mol. The lowest BCUT2D eigenvalue weighted by atomic mass is 10.0. The number of hydrogen-bond donors (Lipinski definition) is 0. The van der Waals surface area contributed by atoms with Crippen LogP contribution < -0.4 is 9.47 Å². The first-order valence-corrected chi connectivity index (χ1v) is 7.48. The molecule has 1 atom stereocenters. The number of ether oxygens (including phenoxy) is 2. The molecule has 0 saturated carbocycles. The molecule has 0 fully saturated rings. The molecule has 4 heteroatoms. The molecular formula is C15H14Br2O2. The molecule has 0 spiro atoms. The number of methoxy groups -OCH3 is 2. The Morgan fingerprint density at radius 1 is 0.895 bits per heavy atom. The molecule has 2 nitrogen and oxygen atoms in total. The highest BCUT2D eigenvalue weighted by Gasteiger charge is 2.14. The summed E-state index contributed by atoms with van der Waals surface area (Å²) in [6.45, 7) is 0. The van der Waals surface area contributed by atoms with E-state index in [1.165, 1.54) is 5.56 Å². The zero-order valence-electron chi connectivity index (χ0n) is 10.7. The van der Waals surface area contributed by atoms with Crippen LogP contribution in [0.15, 0.2) is 46.9 Å². The van der Waals surface area contributed by atoms with Gasteiger partial charge in [0.25, 0.3) is 0 Å². The van der Waals surface area contributed by atoms with E-state index >= 15 is 0 Å². The molecule has 0 amide bonds. The topological polar surface area (TPSA) is 18.5 Å². The standard InChI is InChI=1S/C15H14Br2O2/c1-18-11-5-3-10(4-6-11)15(17)13-8-7-12(19-2)9-14(13)16/h3-9,15H,1-2H3. The lowest BCUT2D eigenvalue weighted by Gasteiger charge is -2.14. The quantitative estimate of drug-likeness (QED) is 0.693. The van der Waals surface area contributed by atoms with Crippen LogP contribution in [0.4, 0.5) is 0 Å². The van der Waals surface area contributed by atoms with Gasteiger partial charge in [-0.05, 0) is 35.4 Å². The molecule has 19 heavy (non-hydrogen) atoms. The second-order valence-electron chi connectivity index (χ2n) is 4.02. The van der Waals surface area contributed by atoms with E-state index in [0.29, 0.717) is 0 Å². The van der Waals surface area contributed by atoms with Gasteiger partial charge < -0.3 is 9.47 Å². The fourth-order valence-electron chi connectivity index (χ4n) is 1.79. The molecule has 0 N–H and O–H groups in total. The maximum atomic E-state index is 5.20. The summed E-state index contributed by atoms with van der Waals surface area (Å²) >= 11 is 7.31. The third-order valence-electron chi connectivity index (χ3n) is 2.89. The zero-order chi connectivity index (χ0) is 13.8. The molecule has 0 aliphatic rings. The van der Waals surface area contributed by atoms with Gasteiger partial charge in [0.15, 0.2) is 0 Å². The van der Waals surface area contributed by atoms with Gasteiger partial charge in [-0.25, -0.2) is 0 Å². The van der Waals surface area contributed by atoms with Crippen LogP contribution in [0.1, 0.15) is 16.0 Å². The number of halogens is 2. The predicted molar refractivity (Wildman–Crippen MR) is 84.5 cm³/mol. The van der Waals surface area contributed by atoms with E-state index in [9.17, 15) is 0 Å². The summed E-state index contributed by atoms with van der Waals surface area (Å²) in [5.74, 6) is 1.70. The summed E-state index contributed by atoms with van der Waals surface area (Å²) in [7, 11) is 3.33. The van der Waals surface area contributed by atoms with E-state index in [1.807, 2.05) is 30.3 Å². The van der Waals surface area contributed by atoms with Crippen molar-refractivity contribution in [2.75, 3.05) is 14.2 Å². The Hall–Kier alpha value is -1.00. The molecule has 0 aromatic heterocycles. The first kappa shape index (κ1) is 14.4. The minimum atomic E-state index is 0.124. The maximum Gasteiger partial charge on any atom is 0.120 e. The second-order valence-corrected chi connectivity index (χ2v) is 5.79. The van der Waals surface area contributed by atoms with Gasteiger partial charge >= 0.3 is 0 Å². The summed E-state index contributed by atoms with van der Waals surface area (Å²) in [5.41, 5.74) is 2.33. The molecule has 0 aliphatic carbocycles. The summed E-state index contributed by atoms with van der Waals surface area (Å²) in [6, 6.07) is 14.0. The van der Waals surface area contributed by atoms with Crippen LogP contribution in [0, 0.1) is 0 Å². The van der Waals surface area contributed by atoms with Gasteiger partial charge in [0.1, 0.15) is 11.5 Å². The highest BCUT2D eigenvalue weighted by Crippen LogP contribution is 2.37. The molecule has 2 aromatic carbocycles. The summed E-state index contributed by atoms with van der Waals surface area (Å²) in [4.78, 5) is 0.124. The van der Waals surface area contributed by atoms with E-state index in [4.69, 9.17) is 9.47 Å². The molecule has 0 radical (unpaired) electrons. The SMILES string of the molecule is COc1ccc(C(Br)c2ccc(OC)cc2Br)cc1. The molecule has 0 aliphatic heterocycles. The van der Waals surface area contributed by atoms with E-state index in [2.05, 4.69) is 44.0 Å². The molecule has 1 unspecified atom stereocenters. The van der Waals surface area contributed by atoms with Crippen molar-refractivity contribution in [3.05, 3.63) is 58.1 Å². The molecule has 2 rings (SSSR count). The van der Waals surface area contributed by atoms with Crippen LogP contribution in [0.2, 0.25) is 0 Å². The first-order valence-electron chi connectivity index (χ1n) is 5.77. The van der Waals surface area contributed by atoms with E-state index in [1.54, 1.807) is 14.2 Å². The zero-order valence-corrected chi connectivity index (χ0v) is 13.9. The van der Waals surface area contributed by atoms with Crippen molar-refractivity contribution in [1.29, 1.82) is 0 Å². The van der Waals surface area contributed by atoms with E-state index < -0.39 is 0 Å². The average Bonchev–Trinajstić information content (AvgIpc) is 2.46. The van der Waals surface area contributed by atoms with Crippen LogP contribution >= 0.6 is 31.9 Å². The number of alkyl halides is 1. The third kappa shape index (κ3) is 3.31. The third-order valence-corrected chi connectivity index (χ3v) is 4.60. The smallest absolute Gasteiger partial charge is 0.120 e. The molecule has 2 aromatic rings. The lowest BCUT2D eigenvalue weighted by molar-refractivity contribution is 0.414. The van der Waals surface area contributed by atoms with Crippen molar-refractivity contribution in [3.8, 4) is 11.5 Å². The van der Waals surface area contributed by atoms with Gasteiger partial charge in [-0.3, -0.25) is 0 Å². The average molecular weight is 386 g/mol. The number of hydrogen-bond acceptors (Lipinski definition) is 2. The van der Waals surface area contributed by atoms with Crippen LogP contribution in [0.5, 0.6) is 11.5 Å². The Labute approximate surface area is 130 Å². The van der Waals surface area contributed by atoms with Gasteiger partial charge in [-0.15, -0.1) is 0 Å². The molecule has 0 saturated heterocycles. The van der Waals surface area contributed by atoms with Crippen molar-refractivity contribution in [2.45, 2.75) is 4.83 Å². The minimum Gasteiger partial charge on any atom is -0.497 e. The van der Waals surface area contributed by atoms with Crippen LogP contribution in [-0.4, -0.2) is 14.2 Å². The summed E-state index contributed by atoms with van der Waals surface area (Å²) in [6.07, 6.45) is 0. The van der Waals surface area contributed by atoms with Crippen molar-refractivity contribution in [3.63, 3.8) is 0 Å². The Balaban J connectivity index is 2.29. The Morgan fingerprint density at radius 2 is 1.47 bits per heavy atom. The van der Waals surface area contributed by atoms with E-state index in [-0.39, 0.29) is 4.83 Å². The Morgan fingerprint density at radius 3 is 2.00 bits per heavy atom. The summed E-state index contributed by atoms with van der Waals surface area (Å²) in [5, 5.41) is 0. The fourth-order valence-corrected chi connectivity index (χ4v) is 3.39. The highest BCUT2D eigenvalue weighted by molar-refractivity contribution is 9.11. The van der Waals surface area contributed by atoms with Gasteiger partial charge in [-0.1, -0.05) is 50.1 Å². The molecular weight excluding hydrogens is 372 g/mol. The molecule has 0 bridgehead atoms. The van der Waals surface area contributed by atoms with Crippen molar-refractivity contribution >= 4 is 31.9 Å². The van der Waals surface area contributed by atoms with Crippen LogP contribution in [0.3, 0.4) is 0 Å². The minimum absolute atomic E-state index is 0.124. The number of benzene rings is 2. The Kier molecular flexibility index (Phi) is 4.88. The predicted octanol–water partition coefficient (Wildman–Crippen LogP) is 4.95. The second kappa shape index (κ2) is 6.44. The lowest BCUT2D eigenvalue weighted by Crippen LogP contribution is -1.95. The molecule has 100 valence electrons. The first-order chi connectivity index (χ1) is 9.15. The van der Waals surface area contributed by atoms with E-state index in [0.717, 1.165) is 21.5 Å². The van der Waals surface area contributed by atoms with Gasteiger partial charge in [0, 0.05) is 4.47 Å². The Bertz CT molecular complexity index is 553. The largest absolute Gasteiger partial charge is 0.497 e. The van der Waals surface area contributed by atoms with Crippen molar-refractivity contribution in [2.24, 2.45) is 0 Å². The number of rotatable bonds is 4. The van der Waals surface area contributed by atoms with Crippen molar-refractivity contribution < 1.29 is 9.47 Å².